The van der Waals surface area contributed by atoms with Gasteiger partial charge in [0.1, 0.15) is 4.38 Å². The Labute approximate surface area is 96.6 Å². The first-order valence-corrected chi connectivity index (χ1v) is 6.53. The second kappa shape index (κ2) is 4.43. The van der Waals surface area contributed by atoms with Gasteiger partial charge < -0.3 is 0 Å². The minimum absolute atomic E-state index is 1.00. The zero-order valence-corrected chi connectivity index (χ0v) is 9.92. The molecule has 2 rings (SSSR count). The summed E-state index contributed by atoms with van der Waals surface area (Å²) < 4.78 is 1.04. The van der Waals surface area contributed by atoms with E-state index in [4.69, 9.17) is 11.6 Å². The predicted octanol–water partition coefficient (Wildman–Crippen LogP) is 4.32. The Morgan fingerprint density at radius 1 is 1.43 bits per heavy atom. The summed E-state index contributed by atoms with van der Waals surface area (Å²) in [4.78, 5) is 5.58. The molecule has 1 nitrogen and oxygen atoms in total. The summed E-state index contributed by atoms with van der Waals surface area (Å²) in [6.45, 7) is 0. The van der Waals surface area contributed by atoms with Crippen molar-refractivity contribution in [3.63, 3.8) is 0 Å². The molecule has 1 heterocycles. The van der Waals surface area contributed by atoms with E-state index >= 15 is 0 Å². The lowest BCUT2D eigenvalue weighted by Gasteiger charge is -2.15. The molecule has 0 spiro atoms. The van der Waals surface area contributed by atoms with E-state index in [0.717, 1.165) is 20.5 Å². The van der Waals surface area contributed by atoms with Crippen LogP contribution in [0.1, 0.15) is 5.56 Å². The first-order valence-electron chi connectivity index (χ1n) is 4.05. The van der Waals surface area contributed by atoms with Crippen LogP contribution in [0, 0.1) is 0 Å². The van der Waals surface area contributed by atoms with Gasteiger partial charge >= 0.3 is 0 Å². The molecule has 0 radical (unpaired) electrons. The molecule has 0 aromatic heterocycles. The topological polar surface area (TPSA) is 12.4 Å². The van der Waals surface area contributed by atoms with Gasteiger partial charge in [-0.25, -0.2) is 4.99 Å². The van der Waals surface area contributed by atoms with Crippen LogP contribution in [-0.4, -0.2) is 10.6 Å². The lowest BCUT2D eigenvalue weighted by atomic mass is 10.2. The van der Waals surface area contributed by atoms with E-state index < -0.39 is 0 Å². The van der Waals surface area contributed by atoms with Crippen LogP contribution in [0.2, 0.25) is 0 Å². The molecule has 1 aliphatic rings. The summed E-state index contributed by atoms with van der Waals surface area (Å²) >= 11 is 9.04. The van der Waals surface area contributed by atoms with Crippen molar-refractivity contribution in [3.05, 3.63) is 35.4 Å². The smallest absolute Gasteiger partial charge is 0.135 e. The van der Waals surface area contributed by atoms with Gasteiger partial charge in [0.25, 0.3) is 0 Å². The van der Waals surface area contributed by atoms with Crippen molar-refractivity contribution in [2.24, 2.45) is 4.99 Å². The van der Waals surface area contributed by atoms with Crippen molar-refractivity contribution < 1.29 is 0 Å². The van der Waals surface area contributed by atoms with Crippen LogP contribution < -0.4 is 0 Å². The van der Waals surface area contributed by atoms with Gasteiger partial charge in [-0.15, -0.1) is 11.8 Å². The molecule has 0 aliphatic carbocycles. The number of rotatable bonds is 0. The van der Waals surface area contributed by atoms with Crippen LogP contribution >= 0.6 is 35.1 Å². The summed E-state index contributed by atoms with van der Waals surface area (Å²) in [6, 6.07) is 8.03. The van der Waals surface area contributed by atoms with Crippen LogP contribution in [0.25, 0.3) is 4.91 Å². The summed E-state index contributed by atoms with van der Waals surface area (Å²) in [6.07, 6.45) is 2.02. The largest absolute Gasteiger partial charge is 0.234 e. The van der Waals surface area contributed by atoms with Crippen LogP contribution in [0.5, 0.6) is 0 Å². The molecule has 1 aromatic carbocycles. The summed E-state index contributed by atoms with van der Waals surface area (Å²) in [5.41, 5.74) is 3.74. The van der Waals surface area contributed by atoms with Gasteiger partial charge in [0.05, 0.1) is 5.69 Å². The van der Waals surface area contributed by atoms with Gasteiger partial charge in [-0.1, -0.05) is 41.6 Å². The van der Waals surface area contributed by atoms with Gasteiger partial charge in [-0.2, -0.15) is 0 Å². The SMILES string of the molecule is CSC1=Nc2ccccc2/C(=C/Cl)S1. The highest BCUT2D eigenvalue weighted by Crippen LogP contribution is 2.42. The van der Waals surface area contributed by atoms with Gasteiger partial charge in [0, 0.05) is 16.0 Å². The lowest BCUT2D eigenvalue weighted by molar-refractivity contribution is 1.51. The van der Waals surface area contributed by atoms with Crippen LogP contribution in [0.4, 0.5) is 5.69 Å². The maximum absolute atomic E-state index is 5.78. The average Bonchev–Trinajstić information content (AvgIpc) is 2.27. The molecule has 0 saturated heterocycles. The number of fused-ring (bicyclic) bond motifs is 1. The van der Waals surface area contributed by atoms with E-state index in [0.29, 0.717) is 0 Å². The summed E-state index contributed by atoms with van der Waals surface area (Å²) in [5.74, 6) is 0. The summed E-state index contributed by atoms with van der Waals surface area (Å²) in [5, 5.41) is 0. The molecule has 1 aliphatic heterocycles. The third-order valence-electron chi connectivity index (χ3n) is 1.85. The molecule has 0 N–H and O–H groups in total. The van der Waals surface area contributed by atoms with Crippen molar-refractivity contribution in [2.75, 3.05) is 6.26 Å². The molecule has 14 heavy (non-hydrogen) atoms. The van der Waals surface area contributed by atoms with Gasteiger partial charge in [-0.05, 0) is 12.3 Å². The number of hydrogen-bond acceptors (Lipinski definition) is 3. The number of halogens is 1. The fourth-order valence-corrected chi connectivity index (χ4v) is 2.92. The van der Waals surface area contributed by atoms with Crippen molar-refractivity contribution in [3.8, 4) is 0 Å². The highest BCUT2D eigenvalue weighted by Gasteiger charge is 2.15. The highest BCUT2D eigenvalue weighted by atomic mass is 35.5. The molecule has 0 fully saturated rings. The Balaban J connectivity index is 2.55. The Kier molecular flexibility index (Phi) is 3.21. The van der Waals surface area contributed by atoms with Gasteiger partial charge in [0.2, 0.25) is 0 Å². The molecule has 0 unspecified atom stereocenters. The monoisotopic (exact) mass is 241 g/mol. The molecule has 0 atom stereocenters. The maximum Gasteiger partial charge on any atom is 0.135 e. The van der Waals surface area contributed by atoms with Crippen molar-refractivity contribution >= 4 is 50.1 Å². The van der Waals surface area contributed by atoms with Crippen molar-refractivity contribution in [1.29, 1.82) is 0 Å². The van der Waals surface area contributed by atoms with E-state index in [1.165, 1.54) is 0 Å². The minimum Gasteiger partial charge on any atom is -0.234 e. The second-order valence-corrected chi connectivity index (χ2v) is 4.98. The Morgan fingerprint density at radius 3 is 2.93 bits per heavy atom. The fourth-order valence-electron chi connectivity index (χ4n) is 1.22. The zero-order chi connectivity index (χ0) is 9.97. The zero-order valence-electron chi connectivity index (χ0n) is 7.53. The molecule has 72 valence electrons. The molecule has 0 bridgehead atoms. The van der Waals surface area contributed by atoms with E-state index in [9.17, 15) is 0 Å². The highest BCUT2D eigenvalue weighted by molar-refractivity contribution is 8.42. The van der Waals surface area contributed by atoms with Crippen molar-refractivity contribution in [2.45, 2.75) is 0 Å². The molecule has 1 aromatic rings. The van der Waals surface area contributed by atoms with Crippen molar-refractivity contribution in [1.82, 2.24) is 0 Å². The van der Waals surface area contributed by atoms with Gasteiger partial charge in [0.15, 0.2) is 0 Å². The standard InChI is InChI=1S/C10H8ClNS2/c1-13-10-12-8-5-3-2-4-7(8)9(6-11)14-10/h2-6H,1H3/b9-6-. The first kappa shape index (κ1) is 10.1. The third-order valence-corrected chi connectivity index (χ3v) is 4.21. The minimum atomic E-state index is 1.00. The third kappa shape index (κ3) is 1.85. The quantitative estimate of drug-likeness (QED) is 0.671. The number of hydrogen-bond donors (Lipinski definition) is 0. The van der Waals surface area contributed by atoms with E-state index in [1.54, 1.807) is 29.1 Å². The molecule has 4 heteroatoms. The van der Waals surface area contributed by atoms with Crippen LogP contribution in [0.15, 0.2) is 34.8 Å². The van der Waals surface area contributed by atoms with Gasteiger partial charge in [-0.3, -0.25) is 0 Å². The van der Waals surface area contributed by atoms with E-state index in [-0.39, 0.29) is 0 Å². The Hall–Kier alpha value is -0.380. The Bertz CT molecular complexity index is 412. The average molecular weight is 242 g/mol. The normalized spacial score (nSPS) is 17.9. The molecular weight excluding hydrogens is 234 g/mol. The number of nitrogens with zero attached hydrogens (tertiary/aromatic N) is 1. The predicted molar refractivity (Wildman–Crippen MR) is 68.5 cm³/mol. The fraction of sp³-hybridized carbons (Fsp3) is 0.100. The number of aliphatic imine (C=N–C) groups is 1. The Morgan fingerprint density at radius 2 is 2.21 bits per heavy atom. The second-order valence-electron chi connectivity index (χ2n) is 2.67. The number of thioether (sulfide) groups is 2. The molecule has 0 amide bonds. The lowest BCUT2D eigenvalue weighted by Crippen LogP contribution is -1.93. The van der Waals surface area contributed by atoms with E-state index in [2.05, 4.69) is 4.99 Å². The van der Waals surface area contributed by atoms with Crippen LogP contribution in [-0.2, 0) is 0 Å². The summed E-state index contributed by atoms with van der Waals surface area (Å²) in [7, 11) is 0. The molecular formula is C10H8ClNS2. The van der Waals surface area contributed by atoms with E-state index in [1.807, 2.05) is 30.5 Å². The van der Waals surface area contributed by atoms with Crippen LogP contribution in [0.3, 0.4) is 0 Å². The number of benzene rings is 1. The molecule has 0 saturated carbocycles. The first-order chi connectivity index (χ1) is 6.85. The number of para-hydroxylation sites is 1. The maximum atomic E-state index is 5.78.